The monoisotopic (exact) mass is 471 g/mol. The molecule has 1 aromatic carbocycles. The van der Waals surface area contributed by atoms with Crippen molar-refractivity contribution in [2.75, 3.05) is 74.3 Å². The van der Waals surface area contributed by atoms with Crippen LogP contribution in [0.3, 0.4) is 0 Å². The van der Waals surface area contributed by atoms with Crippen LogP contribution < -0.4 is 15.5 Å². The third-order valence-electron chi connectivity index (χ3n) is 6.37. The second-order valence-corrected chi connectivity index (χ2v) is 10.5. The van der Waals surface area contributed by atoms with Gasteiger partial charge in [-0.25, -0.2) is 17.9 Å². The van der Waals surface area contributed by atoms with Crippen molar-refractivity contribution >= 4 is 32.7 Å². The van der Waals surface area contributed by atoms with E-state index in [2.05, 4.69) is 16.7 Å². The van der Waals surface area contributed by atoms with E-state index in [4.69, 9.17) is 20.6 Å². The number of anilines is 3. The van der Waals surface area contributed by atoms with Crippen LogP contribution in [0.4, 0.5) is 17.2 Å². The minimum absolute atomic E-state index is 0.475. The molecular formula is C22H29N7O3S. The fourth-order valence-electron chi connectivity index (χ4n) is 4.53. The van der Waals surface area contributed by atoms with Crippen LogP contribution in [-0.2, 0) is 14.8 Å². The maximum absolute atomic E-state index is 11.9. The van der Waals surface area contributed by atoms with E-state index in [0.29, 0.717) is 50.9 Å². The predicted molar refractivity (Wildman–Crippen MR) is 129 cm³/mol. The molecular weight excluding hydrogens is 442 g/mol. The van der Waals surface area contributed by atoms with Gasteiger partial charge < -0.3 is 20.3 Å². The lowest BCUT2D eigenvalue weighted by atomic mass is 10.2. The molecule has 0 spiro atoms. The number of piperazine rings is 1. The van der Waals surface area contributed by atoms with E-state index in [1.807, 2.05) is 35.0 Å². The number of fused-ring (bicyclic) bond motifs is 1. The molecule has 176 valence electrons. The molecule has 0 amide bonds. The highest BCUT2D eigenvalue weighted by Crippen LogP contribution is 2.33. The molecule has 2 saturated heterocycles. The molecule has 0 atom stereocenters. The molecule has 0 aliphatic carbocycles. The van der Waals surface area contributed by atoms with Gasteiger partial charge in [0.2, 0.25) is 10.0 Å². The Morgan fingerprint density at radius 3 is 2.27 bits per heavy atom. The summed E-state index contributed by atoms with van der Waals surface area (Å²) in [6.45, 7) is 7.16. The first kappa shape index (κ1) is 21.9. The highest BCUT2D eigenvalue weighted by Gasteiger charge is 2.27. The summed E-state index contributed by atoms with van der Waals surface area (Å²) in [4.78, 5) is 9.46. The summed E-state index contributed by atoms with van der Waals surface area (Å²) < 4.78 is 32.8. The van der Waals surface area contributed by atoms with Gasteiger partial charge in [0.15, 0.2) is 11.6 Å². The van der Waals surface area contributed by atoms with E-state index in [0.717, 1.165) is 41.2 Å². The molecule has 10 nitrogen and oxygen atoms in total. The normalized spacial score (nSPS) is 18.2. The zero-order chi connectivity index (χ0) is 23.2. The second-order valence-electron chi connectivity index (χ2n) is 8.56. The molecule has 2 aliphatic heterocycles. The number of nitrogens with zero attached hydrogens (tertiary/aromatic N) is 6. The number of sulfonamides is 1. The maximum atomic E-state index is 11.9. The first-order chi connectivity index (χ1) is 15.8. The first-order valence-electron chi connectivity index (χ1n) is 11.1. The van der Waals surface area contributed by atoms with Gasteiger partial charge in [0.05, 0.1) is 31.4 Å². The smallest absolute Gasteiger partial charge is 0.211 e. The Bertz CT molecular complexity index is 1260. The number of aromatic nitrogens is 3. The van der Waals surface area contributed by atoms with Crippen molar-refractivity contribution in [3.63, 3.8) is 0 Å². The zero-order valence-electron chi connectivity index (χ0n) is 18.9. The quantitative estimate of drug-likeness (QED) is 0.566. The van der Waals surface area contributed by atoms with Crippen molar-refractivity contribution in [2.45, 2.75) is 6.92 Å². The van der Waals surface area contributed by atoms with E-state index in [1.165, 1.54) is 10.6 Å². The van der Waals surface area contributed by atoms with Crippen molar-refractivity contribution in [3.8, 4) is 11.4 Å². The van der Waals surface area contributed by atoms with Crippen molar-refractivity contribution in [3.05, 3.63) is 36.0 Å². The van der Waals surface area contributed by atoms with Crippen LogP contribution >= 0.6 is 0 Å². The Hall–Kier alpha value is -2.89. The number of hydrogen-bond acceptors (Lipinski definition) is 8. The number of hydrogen-bond donors (Lipinski definition) is 1. The van der Waals surface area contributed by atoms with Gasteiger partial charge in [-0.05, 0) is 31.2 Å². The van der Waals surface area contributed by atoms with E-state index in [-0.39, 0.29) is 0 Å². The van der Waals surface area contributed by atoms with Gasteiger partial charge in [0.1, 0.15) is 5.52 Å². The summed E-state index contributed by atoms with van der Waals surface area (Å²) >= 11 is 0. The van der Waals surface area contributed by atoms with Crippen molar-refractivity contribution in [1.82, 2.24) is 18.9 Å². The minimum atomic E-state index is -3.18. The molecule has 2 aliphatic rings. The summed E-state index contributed by atoms with van der Waals surface area (Å²) in [5.41, 5.74) is 10.6. The molecule has 3 aromatic rings. The van der Waals surface area contributed by atoms with Crippen LogP contribution in [0.15, 0.2) is 30.5 Å². The third kappa shape index (κ3) is 4.23. The van der Waals surface area contributed by atoms with E-state index in [9.17, 15) is 8.42 Å². The third-order valence-corrected chi connectivity index (χ3v) is 7.67. The molecule has 11 heteroatoms. The van der Waals surface area contributed by atoms with E-state index >= 15 is 0 Å². The zero-order valence-corrected chi connectivity index (χ0v) is 19.8. The Morgan fingerprint density at radius 2 is 1.64 bits per heavy atom. The second kappa shape index (κ2) is 8.47. The van der Waals surface area contributed by atoms with E-state index in [1.54, 1.807) is 0 Å². The van der Waals surface area contributed by atoms with Crippen molar-refractivity contribution < 1.29 is 13.2 Å². The minimum Gasteiger partial charge on any atom is -0.399 e. The molecule has 5 rings (SSSR count). The number of morpholine rings is 1. The molecule has 0 saturated carbocycles. The first-order valence-corrected chi connectivity index (χ1v) is 12.9. The lowest BCUT2D eigenvalue weighted by Crippen LogP contribution is -2.48. The van der Waals surface area contributed by atoms with Gasteiger partial charge >= 0.3 is 0 Å². The Balaban J connectivity index is 1.57. The van der Waals surface area contributed by atoms with Gasteiger partial charge in [-0.15, -0.1) is 5.10 Å². The number of aryl methyl sites for hydroxylation is 1. The van der Waals surface area contributed by atoms with Crippen LogP contribution in [0.2, 0.25) is 0 Å². The van der Waals surface area contributed by atoms with Gasteiger partial charge in [-0.1, -0.05) is 0 Å². The Labute approximate surface area is 193 Å². The lowest BCUT2D eigenvalue weighted by Gasteiger charge is -2.34. The summed E-state index contributed by atoms with van der Waals surface area (Å²) in [5, 5.41) is 4.84. The number of ether oxygens (including phenoxy) is 1. The molecule has 2 N–H and O–H groups in total. The fourth-order valence-corrected chi connectivity index (χ4v) is 5.35. The average molecular weight is 472 g/mol. The molecule has 0 bridgehead atoms. The number of nitrogen functional groups attached to an aromatic ring is 1. The summed E-state index contributed by atoms with van der Waals surface area (Å²) in [6.07, 6.45) is 3.30. The van der Waals surface area contributed by atoms with Crippen LogP contribution in [0.1, 0.15) is 5.56 Å². The van der Waals surface area contributed by atoms with Crippen LogP contribution in [0.5, 0.6) is 0 Å². The van der Waals surface area contributed by atoms with Crippen LogP contribution in [-0.4, -0.2) is 86.1 Å². The standard InChI is InChI=1S/C22H29N7O3S/c1-16-19(26-7-9-28(10-8-26)33(2,30)31)15-29-20(16)22(27-11-13-32-14-12-27)24-21(25-29)17-3-5-18(23)6-4-17/h3-6,15H,7-14,23H2,1-2H3. The SMILES string of the molecule is Cc1c(N2CCN(S(C)(=O)=O)CC2)cn2nc(-c3ccc(N)cc3)nc(N3CCOCC3)c12. The largest absolute Gasteiger partial charge is 0.399 e. The van der Waals surface area contributed by atoms with Crippen molar-refractivity contribution in [1.29, 1.82) is 0 Å². The molecule has 0 unspecified atom stereocenters. The molecule has 0 radical (unpaired) electrons. The predicted octanol–water partition coefficient (Wildman–Crippen LogP) is 1.21. The lowest BCUT2D eigenvalue weighted by molar-refractivity contribution is 0.122. The molecule has 2 aromatic heterocycles. The fraction of sp³-hybridized carbons (Fsp3) is 0.455. The highest BCUT2D eigenvalue weighted by molar-refractivity contribution is 7.88. The Kier molecular flexibility index (Phi) is 5.63. The number of nitrogens with two attached hydrogens (primary N) is 1. The number of rotatable bonds is 4. The molecule has 2 fully saturated rings. The highest BCUT2D eigenvalue weighted by atomic mass is 32.2. The Morgan fingerprint density at radius 1 is 0.970 bits per heavy atom. The van der Waals surface area contributed by atoms with Crippen molar-refractivity contribution in [2.24, 2.45) is 0 Å². The van der Waals surface area contributed by atoms with Crippen LogP contribution in [0.25, 0.3) is 16.9 Å². The maximum Gasteiger partial charge on any atom is 0.211 e. The van der Waals surface area contributed by atoms with E-state index < -0.39 is 10.0 Å². The molecule has 4 heterocycles. The number of benzene rings is 1. The summed E-state index contributed by atoms with van der Waals surface area (Å²) in [7, 11) is -3.18. The molecule has 33 heavy (non-hydrogen) atoms. The average Bonchev–Trinajstić information content (AvgIpc) is 3.15. The van der Waals surface area contributed by atoms with Gasteiger partial charge in [-0.2, -0.15) is 4.31 Å². The topological polar surface area (TPSA) is 109 Å². The summed E-state index contributed by atoms with van der Waals surface area (Å²) in [6, 6.07) is 7.57. The van der Waals surface area contributed by atoms with Crippen LogP contribution in [0, 0.1) is 6.92 Å². The van der Waals surface area contributed by atoms with Gasteiger partial charge in [0.25, 0.3) is 0 Å². The van der Waals surface area contributed by atoms with Gasteiger partial charge in [0, 0.05) is 56.1 Å². The van der Waals surface area contributed by atoms with Gasteiger partial charge in [-0.3, -0.25) is 0 Å². The summed E-state index contributed by atoms with van der Waals surface area (Å²) in [5.74, 6) is 1.52.